The number of hydrogen-bond acceptors (Lipinski definition) is 3. The first kappa shape index (κ1) is 10.2. The quantitative estimate of drug-likeness (QED) is 0.749. The third-order valence-electron chi connectivity index (χ3n) is 1.82. The van der Waals surface area contributed by atoms with Crippen molar-refractivity contribution < 1.29 is 4.74 Å². The van der Waals surface area contributed by atoms with Crippen LogP contribution in [0.2, 0.25) is 0 Å². The molecule has 1 unspecified atom stereocenters. The fraction of sp³-hybridized carbons (Fsp3) is 0.500. The van der Waals surface area contributed by atoms with E-state index in [0.29, 0.717) is 6.61 Å². The van der Waals surface area contributed by atoms with Crippen molar-refractivity contribution in [3.63, 3.8) is 0 Å². The lowest BCUT2D eigenvalue weighted by Crippen LogP contribution is -2.28. The zero-order valence-corrected chi connectivity index (χ0v) is 8.16. The third-order valence-corrected chi connectivity index (χ3v) is 1.82. The molecule has 0 aromatic carbocycles. The minimum atomic E-state index is 0.0419. The molecular formula is C10H16N2O. The predicted octanol–water partition coefficient (Wildman–Crippen LogP) is 0.906. The molecule has 0 aliphatic heterocycles. The van der Waals surface area contributed by atoms with Gasteiger partial charge in [0.05, 0.1) is 6.61 Å². The smallest absolute Gasteiger partial charge is 0.0617 e. The minimum absolute atomic E-state index is 0.0419. The molecule has 1 rings (SSSR count). The lowest BCUT2D eigenvalue weighted by Gasteiger charge is -2.09. The van der Waals surface area contributed by atoms with Gasteiger partial charge in [0.15, 0.2) is 0 Å². The molecule has 2 N–H and O–H groups in total. The van der Waals surface area contributed by atoms with Gasteiger partial charge in [-0.05, 0) is 18.6 Å². The second-order valence-electron chi connectivity index (χ2n) is 3.25. The van der Waals surface area contributed by atoms with Crippen LogP contribution in [-0.4, -0.2) is 24.7 Å². The number of hydrogen-bond donors (Lipinski definition) is 1. The van der Waals surface area contributed by atoms with Crippen molar-refractivity contribution in [1.29, 1.82) is 0 Å². The molecule has 0 amide bonds. The molecule has 0 saturated heterocycles. The van der Waals surface area contributed by atoms with Gasteiger partial charge in [-0.3, -0.25) is 4.98 Å². The van der Waals surface area contributed by atoms with E-state index in [4.69, 9.17) is 10.5 Å². The molecule has 0 spiro atoms. The van der Waals surface area contributed by atoms with Crippen LogP contribution >= 0.6 is 0 Å². The lowest BCUT2D eigenvalue weighted by molar-refractivity contribution is 0.179. The highest BCUT2D eigenvalue weighted by atomic mass is 16.5. The van der Waals surface area contributed by atoms with Crippen molar-refractivity contribution in [2.24, 2.45) is 5.73 Å². The van der Waals surface area contributed by atoms with E-state index in [0.717, 1.165) is 12.1 Å². The Kier molecular flexibility index (Phi) is 3.86. The Labute approximate surface area is 78.9 Å². The van der Waals surface area contributed by atoms with Crippen molar-refractivity contribution in [2.75, 3.05) is 13.7 Å². The summed E-state index contributed by atoms with van der Waals surface area (Å²) in [5.74, 6) is 0. The summed E-state index contributed by atoms with van der Waals surface area (Å²) < 4.78 is 4.95. The zero-order valence-electron chi connectivity index (χ0n) is 8.16. The van der Waals surface area contributed by atoms with E-state index in [9.17, 15) is 0 Å². The zero-order chi connectivity index (χ0) is 9.68. The molecule has 1 aromatic rings. The van der Waals surface area contributed by atoms with Crippen molar-refractivity contribution in [3.8, 4) is 0 Å². The molecule has 1 aromatic heterocycles. The summed E-state index contributed by atoms with van der Waals surface area (Å²) >= 11 is 0. The maximum atomic E-state index is 5.79. The molecule has 1 heterocycles. The van der Waals surface area contributed by atoms with Gasteiger partial charge in [-0.15, -0.1) is 0 Å². The monoisotopic (exact) mass is 180 g/mol. The van der Waals surface area contributed by atoms with Crippen LogP contribution in [0, 0.1) is 6.92 Å². The molecule has 3 nitrogen and oxygen atoms in total. The predicted molar refractivity (Wildman–Crippen MR) is 52.5 cm³/mol. The Balaban J connectivity index is 2.49. The molecule has 13 heavy (non-hydrogen) atoms. The summed E-state index contributed by atoms with van der Waals surface area (Å²) in [6.45, 7) is 2.60. The van der Waals surface area contributed by atoms with Crippen LogP contribution in [-0.2, 0) is 11.2 Å². The first-order valence-electron chi connectivity index (χ1n) is 4.38. The van der Waals surface area contributed by atoms with E-state index in [2.05, 4.69) is 4.98 Å². The van der Waals surface area contributed by atoms with E-state index in [1.54, 1.807) is 7.11 Å². The maximum absolute atomic E-state index is 5.79. The standard InChI is InChI=1S/C10H16N2O/c1-8-3-4-10(12-6-8)5-9(11)7-13-2/h3-4,6,9H,5,7,11H2,1-2H3. The van der Waals surface area contributed by atoms with Gasteiger partial charge >= 0.3 is 0 Å². The Morgan fingerprint density at radius 2 is 2.31 bits per heavy atom. The molecule has 0 radical (unpaired) electrons. The normalized spacial score (nSPS) is 12.8. The van der Waals surface area contributed by atoms with Crippen LogP contribution in [0.4, 0.5) is 0 Å². The summed E-state index contributed by atoms with van der Waals surface area (Å²) in [4.78, 5) is 4.26. The van der Waals surface area contributed by atoms with Crippen molar-refractivity contribution in [1.82, 2.24) is 4.98 Å². The lowest BCUT2D eigenvalue weighted by atomic mass is 10.1. The minimum Gasteiger partial charge on any atom is -0.383 e. The van der Waals surface area contributed by atoms with Crippen molar-refractivity contribution in [3.05, 3.63) is 29.6 Å². The molecule has 0 fully saturated rings. The highest BCUT2D eigenvalue weighted by Crippen LogP contribution is 2.01. The van der Waals surface area contributed by atoms with Crippen LogP contribution in [0.1, 0.15) is 11.3 Å². The van der Waals surface area contributed by atoms with E-state index < -0.39 is 0 Å². The summed E-state index contributed by atoms with van der Waals surface area (Å²) in [6, 6.07) is 4.09. The largest absolute Gasteiger partial charge is 0.383 e. The Morgan fingerprint density at radius 1 is 1.54 bits per heavy atom. The van der Waals surface area contributed by atoms with Gasteiger partial charge in [0.25, 0.3) is 0 Å². The molecule has 0 aliphatic carbocycles. The van der Waals surface area contributed by atoms with Crippen LogP contribution < -0.4 is 5.73 Å². The van der Waals surface area contributed by atoms with Gasteiger partial charge in [0.2, 0.25) is 0 Å². The molecule has 72 valence electrons. The Morgan fingerprint density at radius 3 is 2.85 bits per heavy atom. The third kappa shape index (κ3) is 3.53. The van der Waals surface area contributed by atoms with Gasteiger partial charge in [-0.25, -0.2) is 0 Å². The fourth-order valence-corrected chi connectivity index (χ4v) is 1.16. The number of nitrogens with zero attached hydrogens (tertiary/aromatic N) is 1. The van der Waals surface area contributed by atoms with Gasteiger partial charge in [-0.1, -0.05) is 6.07 Å². The molecule has 0 bridgehead atoms. The highest BCUT2D eigenvalue weighted by molar-refractivity contribution is 5.12. The van der Waals surface area contributed by atoms with Gasteiger partial charge in [0, 0.05) is 31.5 Å². The average molecular weight is 180 g/mol. The van der Waals surface area contributed by atoms with Crippen molar-refractivity contribution >= 4 is 0 Å². The Hall–Kier alpha value is -0.930. The summed E-state index contributed by atoms with van der Waals surface area (Å²) in [5.41, 5.74) is 7.98. The summed E-state index contributed by atoms with van der Waals surface area (Å²) in [7, 11) is 1.66. The van der Waals surface area contributed by atoms with Crippen LogP contribution in [0.15, 0.2) is 18.3 Å². The number of rotatable bonds is 4. The van der Waals surface area contributed by atoms with Crippen LogP contribution in [0.25, 0.3) is 0 Å². The first-order chi connectivity index (χ1) is 6.22. The van der Waals surface area contributed by atoms with E-state index >= 15 is 0 Å². The molecule has 0 aliphatic rings. The van der Waals surface area contributed by atoms with Gasteiger partial charge in [0.1, 0.15) is 0 Å². The van der Waals surface area contributed by atoms with E-state index in [-0.39, 0.29) is 6.04 Å². The van der Waals surface area contributed by atoms with E-state index in [1.165, 1.54) is 5.56 Å². The number of nitrogens with two attached hydrogens (primary N) is 1. The fourth-order valence-electron chi connectivity index (χ4n) is 1.16. The van der Waals surface area contributed by atoms with Crippen molar-refractivity contribution in [2.45, 2.75) is 19.4 Å². The van der Waals surface area contributed by atoms with Crippen LogP contribution in [0.3, 0.4) is 0 Å². The molecule has 0 saturated carbocycles. The van der Waals surface area contributed by atoms with Gasteiger partial charge in [-0.2, -0.15) is 0 Å². The van der Waals surface area contributed by atoms with Crippen LogP contribution in [0.5, 0.6) is 0 Å². The number of pyridine rings is 1. The maximum Gasteiger partial charge on any atom is 0.0617 e. The van der Waals surface area contributed by atoms with E-state index in [1.807, 2.05) is 25.3 Å². The number of aryl methyl sites for hydroxylation is 1. The molecular weight excluding hydrogens is 164 g/mol. The summed E-state index contributed by atoms with van der Waals surface area (Å²) in [6.07, 6.45) is 2.63. The number of ether oxygens (including phenoxy) is 1. The SMILES string of the molecule is COCC(N)Cc1ccc(C)cn1. The Bertz CT molecular complexity index is 246. The number of aromatic nitrogens is 1. The second-order valence-corrected chi connectivity index (χ2v) is 3.25. The second kappa shape index (κ2) is 4.94. The number of methoxy groups -OCH3 is 1. The topological polar surface area (TPSA) is 48.1 Å². The van der Waals surface area contributed by atoms with Gasteiger partial charge < -0.3 is 10.5 Å². The highest BCUT2D eigenvalue weighted by Gasteiger charge is 2.03. The molecule has 3 heteroatoms. The first-order valence-corrected chi connectivity index (χ1v) is 4.38. The summed E-state index contributed by atoms with van der Waals surface area (Å²) in [5, 5.41) is 0. The average Bonchev–Trinajstić information content (AvgIpc) is 2.09. The molecule has 1 atom stereocenters.